The van der Waals surface area contributed by atoms with Crippen LogP contribution in [0.25, 0.3) is 10.9 Å². The number of aromatic nitrogens is 1. The molecule has 1 fully saturated rings. The van der Waals surface area contributed by atoms with E-state index in [-0.39, 0.29) is 0 Å². The lowest BCUT2D eigenvalue weighted by molar-refractivity contribution is 0.578. The van der Waals surface area contributed by atoms with Crippen molar-refractivity contribution in [1.82, 2.24) is 4.98 Å². The van der Waals surface area contributed by atoms with E-state index >= 15 is 0 Å². The molecule has 0 radical (unpaired) electrons. The molecule has 1 atom stereocenters. The van der Waals surface area contributed by atoms with Crippen molar-refractivity contribution in [2.75, 3.05) is 30.4 Å². The third-order valence-electron chi connectivity index (χ3n) is 5.64. The molecule has 1 aromatic heterocycles. The summed E-state index contributed by atoms with van der Waals surface area (Å²) in [4.78, 5) is 7.33. The summed E-state index contributed by atoms with van der Waals surface area (Å²) < 4.78 is 0. The van der Waals surface area contributed by atoms with Crippen LogP contribution in [0.2, 0.25) is 0 Å². The predicted octanol–water partition coefficient (Wildman–Crippen LogP) is 5.26. The smallest absolute Gasteiger partial charge is 0.0956 e. The minimum Gasteiger partial charge on any atom is -0.386 e. The van der Waals surface area contributed by atoms with Crippen molar-refractivity contribution in [2.45, 2.75) is 38.5 Å². The maximum absolute atomic E-state index is 4.76. The normalized spacial score (nSPS) is 20.6. The van der Waals surface area contributed by atoms with E-state index in [0.29, 0.717) is 5.92 Å². The zero-order valence-electron chi connectivity index (χ0n) is 15.3. The molecule has 1 aromatic carbocycles. The fraction of sp³-hybridized carbons (Fsp3) is 0.409. The number of benzene rings is 1. The van der Waals surface area contributed by atoms with Gasteiger partial charge in [0.15, 0.2) is 0 Å². The van der Waals surface area contributed by atoms with Crippen molar-refractivity contribution in [1.29, 1.82) is 0 Å². The van der Waals surface area contributed by atoms with Gasteiger partial charge in [-0.2, -0.15) is 0 Å². The lowest BCUT2D eigenvalue weighted by Gasteiger charge is -2.32. The number of nitrogens with one attached hydrogen (secondary N) is 1. The molecule has 2 aliphatic rings. The standard InChI is InChI=1S/C22H27N3/c1-16-9-4-5-10-17(16)19-15-20(25-13-6-3-7-14-25)18-11-8-12-24-22(18)21(19)23-2/h4-5,8-9,11-12,15,17,23H,3,6-7,10,13-14H2,1-2H3. The van der Waals surface area contributed by atoms with Gasteiger partial charge in [-0.15, -0.1) is 0 Å². The highest BCUT2D eigenvalue weighted by molar-refractivity contribution is 6.01. The molecule has 1 unspecified atom stereocenters. The molecule has 1 aliphatic heterocycles. The van der Waals surface area contributed by atoms with Gasteiger partial charge in [-0.3, -0.25) is 4.98 Å². The zero-order valence-corrected chi connectivity index (χ0v) is 15.3. The molecule has 1 saturated heterocycles. The second kappa shape index (κ2) is 6.91. The van der Waals surface area contributed by atoms with E-state index in [2.05, 4.69) is 53.6 Å². The Balaban J connectivity index is 1.92. The number of anilines is 2. The number of hydrogen-bond donors (Lipinski definition) is 1. The largest absolute Gasteiger partial charge is 0.386 e. The van der Waals surface area contributed by atoms with Gasteiger partial charge in [-0.1, -0.05) is 23.8 Å². The van der Waals surface area contributed by atoms with Crippen molar-refractivity contribution < 1.29 is 0 Å². The number of allylic oxidation sites excluding steroid dienone is 4. The highest BCUT2D eigenvalue weighted by Crippen LogP contribution is 2.42. The first-order valence-electron chi connectivity index (χ1n) is 9.47. The van der Waals surface area contributed by atoms with Gasteiger partial charge in [0.05, 0.1) is 11.2 Å². The van der Waals surface area contributed by atoms with Crippen LogP contribution in [0, 0.1) is 0 Å². The average Bonchev–Trinajstić information content (AvgIpc) is 2.68. The number of piperidine rings is 1. The van der Waals surface area contributed by atoms with Crippen LogP contribution in [0.1, 0.15) is 44.1 Å². The minimum atomic E-state index is 0.433. The fourth-order valence-corrected chi connectivity index (χ4v) is 4.29. The van der Waals surface area contributed by atoms with Gasteiger partial charge in [0.1, 0.15) is 0 Å². The Morgan fingerprint density at radius 3 is 2.80 bits per heavy atom. The highest BCUT2D eigenvalue weighted by Gasteiger charge is 2.23. The molecule has 2 aromatic rings. The molecule has 0 bridgehead atoms. The Bertz CT molecular complexity index is 829. The minimum absolute atomic E-state index is 0.433. The summed E-state index contributed by atoms with van der Waals surface area (Å²) in [6.45, 7) is 4.56. The second-order valence-corrected chi connectivity index (χ2v) is 7.18. The molecule has 4 rings (SSSR count). The SMILES string of the molecule is CNc1c(C2CC=CC=C2C)cc(N2CCCCC2)c2cccnc12. The van der Waals surface area contributed by atoms with Crippen molar-refractivity contribution in [2.24, 2.45) is 0 Å². The highest BCUT2D eigenvalue weighted by atomic mass is 15.1. The Morgan fingerprint density at radius 2 is 2.04 bits per heavy atom. The number of pyridine rings is 1. The van der Waals surface area contributed by atoms with Gasteiger partial charge in [-0.25, -0.2) is 0 Å². The summed E-state index contributed by atoms with van der Waals surface area (Å²) in [7, 11) is 2.02. The first-order valence-corrected chi connectivity index (χ1v) is 9.47. The third-order valence-corrected chi connectivity index (χ3v) is 5.64. The van der Waals surface area contributed by atoms with Gasteiger partial charge in [0, 0.05) is 43.3 Å². The first-order chi connectivity index (χ1) is 12.3. The second-order valence-electron chi connectivity index (χ2n) is 7.18. The predicted molar refractivity (Wildman–Crippen MR) is 108 cm³/mol. The van der Waals surface area contributed by atoms with Gasteiger partial charge in [-0.05, 0) is 56.4 Å². The quantitative estimate of drug-likeness (QED) is 0.831. The van der Waals surface area contributed by atoms with E-state index in [4.69, 9.17) is 4.98 Å². The van der Waals surface area contributed by atoms with E-state index in [9.17, 15) is 0 Å². The van der Waals surface area contributed by atoms with E-state index in [1.54, 1.807) is 0 Å². The van der Waals surface area contributed by atoms with Crippen LogP contribution in [0.4, 0.5) is 11.4 Å². The lowest BCUT2D eigenvalue weighted by Crippen LogP contribution is -2.29. The molecule has 3 nitrogen and oxygen atoms in total. The van der Waals surface area contributed by atoms with Crippen molar-refractivity contribution in [3.8, 4) is 0 Å². The van der Waals surface area contributed by atoms with Gasteiger partial charge < -0.3 is 10.2 Å². The van der Waals surface area contributed by atoms with E-state index < -0.39 is 0 Å². The molecule has 3 heteroatoms. The summed E-state index contributed by atoms with van der Waals surface area (Å²) in [5.41, 5.74) is 6.46. The number of rotatable bonds is 3. The molecular formula is C22H27N3. The molecule has 0 saturated carbocycles. The lowest BCUT2D eigenvalue weighted by atomic mass is 9.84. The van der Waals surface area contributed by atoms with E-state index in [0.717, 1.165) is 25.0 Å². The van der Waals surface area contributed by atoms with Gasteiger partial charge in [0.2, 0.25) is 0 Å². The fourth-order valence-electron chi connectivity index (χ4n) is 4.29. The van der Waals surface area contributed by atoms with Crippen molar-refractivity contribution in [3.63, 3.8) is 0 Å². The summed E-state index contributed by atoms with van der Waals surface area (Å²) in [5, 5.41) is 4.72. The van der Waals surface area contributed by atoms with Crippen LogP contribution in [-0.2, 0) is 0 Å². The van der Waals surface area contributed by atoms with Crippen LogP contribution in [0.3, 0.4) is 0 Å². The van der Waals surface area contributed by atoms with Crippen LogP contribution in [0.15, 0.2) is 48.2 Å². The Labute approximate surface area is 150 Å². The molecule has 0 spiro atoms. The number of fused-ring (bicyclic) bond motifs is 1. The molecule has 25 heavy (non-hydrogen) atoms. The molecule has 0 amide bonds. The first kappa shape index (κ1) is 16.2. The summed E-state index contributed by atoms with van der Waals surface area (Å²) in [5.74, 6) is 0.433. The summed E-state index contributed by atoms with van der Waals surface area (Å²) in [6, 6.07) is 6.71. The van der Waals surface area contributed by atoms with Crippen LogP contribution in [0.5, 0.6) is 0 Å². The Morgan fingerprint density at radius 1 is 1.20 bits per heavy atom. The maximum Gasteiger partial charge on any atom is 0.0956 e. The monoisotopic (exact) mass is 333 g/mol. The summed E-state index contributed by atoms with van der Waals surface area (Å²) >= 11 is 0. The van der Waals surface area contributed by atoms with Gasteiger partial charge >= 0.3 is 0 Å². The topological polar surface area (TPSA) is 28.2 Å². The van der Waals surface area contributed by atoms with Crippen LogP contribution < -0.4 is 10.2 Å². The van der Waals surface area contributed by atoms with Gasteiger partial charge in [0.25, 0.3) is 0 Å². The van der Waals surface area contributed by atoms with E-state index in [1.807, 2.05) is 13.2 Å². The Kier molecular flexibility index (Phi) is 4.48. The third kappa shape index (κ3) is 2.92. The molecule has 2 heterocycles. The summed E-state index contributed by atoms with van der Waals surface area (Å²) in [6.07, 6.45) is 13.6. The van der Waals surface area contributed by atoms with Crippen LogP contribution in [-0.4, -0.2) is 25.1 Å². The number of hydrogen-bond acceptors (Lipinski definition) is 3. The molecular weight excluding hydrogens is 306 g/mol. The molecule has 130 valence electrons. The molecule has 1 N–H and O–H groups in total. The zero-order chi connectivity index (χ0) is 17.2. The maximum atomic E-state index is 4.76. The average molecular weight is 333 g/mol. The van der Waals surface area contributed by atoms with Crippen LogP contribution >= 0.6 is 0 Å². The molecule has 1 aliphatic carbocycles. The van der Waals surface area contributed by atoms with Crippen molar-refractivity contribution >= 4 is 22.3 Å². The van der Waals surface area contributed by atoms with Crippen molar-refractivity contribution in [3.05, 3.63) is 53.8 Å². The number of nitrogens with zero attached hydrogens (tertiary/aromatic N) is 2. The Hall–Kier alpha value is -2.29. The van der Waals surface area contributed by atoms with E-state index in [1.165, 1.54) is 47.2 Å².